The lowest BCUT2D eigenvalue weighted by atomic mass is 10.2. The molecule has 1 aromatic rings. The second-order valence-electron chi connectivity index (χ2n) is 3.26. The number of carboxylic acid groups (broad SMARTS) is 2. The molecule has 0 aromatic carbocycles. The average Bonchev–Trinajstić information content (AvgIpc) is 2.68. The number of hydrogen-bond donors (Lipinski definition) is 3. The van der Waals surface area contributed by atoms with Crippen molar-refractivity contribution in [3.8, 4) is 0 Å². The number of amides is 1. The number of hydrogen-bond acceptors (Lipinski definition) is 4. The van der Waals surface area contributed by atoms with Crippen LogP contribution in [0.4, 0.5) is 0 Å². The molecule has 1 heterocycles. The molecule has 1 rings (SSSR count). The summed E-state index contributed by atoms with van der Waals surface area (Å²) in [7, 11) is 0. The lowest BCUT2D eigenvalue weighted by Crippen LogP contribution is -2.43. The van der Waals surface area contributed by atoms with Crippen molar-refractivity contribution in [3.05, 3.63) is 18.5 Å². The van der Waals surface area contributed by atoms with E-state index < -0.39 is 30.3 Å². The number of carboxylic acids is 2. The zero-order valence-electron chi connectivity index (χ0n) is 8.74. The van der Waals surface area contributed by atoms with E-state index in [9.17, 15) is 14.4 Å². The summed E-state index contributed by atoms with van der Waals surface area (Å²) in [6.07, 6.45) is 2.34. The summed E-state index contributed by atoms with van der Waals surface area (Å²) in [5.74, 6) is -3.29. The van der Waals surface area contributed by atoms with Gasteiger partial charge in [0.15, 0.2) is 0 Å². The van der Waals surface area contributed by atoms with Crippen molar-refractivity contribution in [2.75, 3.05) is 0 Å². The zero-order chi connectivity index (χ0) is 12.8. The molecule has 8 heteroatoms. The van der Waals surface area contributed by atoms with Gasteiger partial charge < -0.3 is 15.5 Å². The largest absolute Gasteiger partial charge is 0.481 e. The summed E-state index contributed by atoms with van der Waals surface area (Å²) in [6.45, 7) is -0.156. The molecule has 0 fully saturated rings. The molecule has 0 aliphatic rings. The van der Waals surface area contributed by atoms with Crippen LogP contribution in [0.5, 0.6) is 0 Å². The van der Waals surface area contributed by atoms with Crippen LogP contribution in [0.3, 0.4) is 0 Å². The molecule has 8 nitrogen and oxygen atoms in total. The van der Waals surface area contributed by atoms with Crippen molar-refractivity contribution in [3.63, 3.8) is 0 Å². The topological polar surface area (TPSA) is 122 Å². The van der Waals surface area contributed by atoms with Gasteiger partial charge in [-0.3, -0.25) is 14.3 Å². The third-order valence-corrected chi connectivity index (χ3v) is 1.88. The van der Waals surface area contributed by atoms with E-state index in [1.165, 1.54) is 17.1 Å². The minimum Gasteiger partial charge on any atom is -0.481 e. The standard InChI is InChI=1S/C9H11N3O5/c13-7(5-12-3-1-2-10-12)11-6(9(16)17)4-8(14)15/h1-3,6H,4-5H2,(H,11,13)(H,14,15)(H,16,17)/t6-/m0/s1. The van der Waals surface area contributed by atoms with Gasteiger partial charge in [0.05, 0.1) is 6.42 Å². The molecule has 0 spiro atoms. The van der Waals surface area contributed by atoms with Crippen LogP contribution in [0, 0.1) is 0 Å². The van der Waals surface area contributed by atoms with Crippen LogP contribution < -0.4 is 5.32 Å². The minimum atomic E-state index is -1.43. The Balaban J connectivity index is 2.52. The van der Waals surface area contributed by atoms with Gasteiger partial charge in [-0.15, -0.1) is 0 Å². The second kappa shape index (κ2) is 5.64. The molecule has 17 heavy (non-hydrogen) atoms. The van der Waals surface area contributed by atoms with Gasteiger partial charge in [0.25, 0.3) is 0 Å². The normalized spacial score (nSPS) is 11.8. The van der Waals surface area contributed by atoms with E-state index in [1.54, 1.807) is 6.07 Å². The van der Waals surface area contributed by atoms with Gasteiger partial charge in [0, 0.05) is 12.4 Å². The summed E-state index contributed by atoms with van der Waals surface area (Å²) >= 11 is 0. The van der Waals surface area contributed by atoms with E-state index in [0.29, 0.717) is 0 Å². The number of aliphatic carboxylic acids is 2. The number of carbonyl (C=O) groups is 3. The molecule has 3 N–H and O–H groups in total. The summed E-state index contributed by atoms with van der Waals surface area (Å²) in [5.41, 5.74) is 0. The van der Waals surface area contributed by atoms with Gasteiger partial charge in [-0.05, 0) is 6.07 Å². The Morgan fingerprint density at radius 3 is 2.53 bits per heavy atom. The SMILES string of the molecule is O=C(O)C[C@H](NC(=O)Cn1cccn1)C(=O)O. The van der Waals surface area contributed by atoms with E-state index in [-0.39, 0.29) is 6.54 Å². The first kappa shape index (κ1) is 12.7. The van der Waals surface area contributed by atoms with Crippen molar-refractivity contribution in [2.45, 2.75) is 19.0 Å². The zero-order valence-corrected chi connectivity index (χ0v) is 8.74. The maximum atomic E-state index is 11.4. The van der Waals surface area contributed by atoms with Gasteiger partial charge in [-0.2, -0.15) is 5.10 Å². The van der Waals surface area contributed by atoms with Crippen LogP contribution in [0.2, 0.25) is 0 Å². The van der Waals surface area contributed by atoms with E-state index in [0.717, 1.165) is 0 Å². The van der Waals surface area contributed by atoms with Gasteiger partial charge >= 0.3 is 11.9 Å². The highest BCUT2D eigenvalue weighted by molar-refractivity contribution is 5.86. The smallest absolute Gasteiger partial charge is 0.326 e. The molecule has 0 saturated heterocycles. The third kappa shape index (κ3) is 4.33. The fourth-order valence-electron chi connectivity index (χ4n) is 1.16. The fourth-order valence-corrected chi connectivity index (χ4v) is 1.16. The molecular weight excluding hydrogens is 230 g/mol. The van der Waals surface area contributed by atoms with Crippen LogP contribution in [0.25, 0.3) is 0 Å². The first-order valence-electron chi connectivity index (χ1n) is 4.70. The molecule has 0 aliphatic carbocycles. The number of nitrogens with zero attached hydrogens (tertiary/aromatic N) is 2. The number of rotatable bonds is 6. The van der Waals surface area contributed by atoms with Crippen molar-refractivity contribution < 1.29 is 24.6 Å². The molecule has 92 valence electrons. The average molecular weight is 241 g/mol. The highest BCUT2D eigenvalue weighted by Gasteiger charge is 2.22. The van der Waals surface area contributed by atoms with Crippen LogP contribution in [0.1, 0.15) is 6.42 Å². The van der Waals surface area contributed by atoms with E-state index in [2.05, 4.69) is 10.4 Å². The maximum Gasteiger partial charge on any atom is 0.326 e. The quantitative estimate of drug-likeness (QED) is 0.582. The van der Waals surface area contributed by atoms with Crippen molar-refractivity contribution >= 4 is 17.8 Å². The Kier molecular flexibility index (Phi) is 4.21. The van der Waals surface area contributed by atoms with E-state index in [1.807, 2.05) is 0 Å². The van der Waals surface area contributed by atoms with Crippen molar-refractivity contribution in [1.29, 1.82) is 0 Å². The Morgan fingerprint density at radius 1 is 1.35 bits per heavy atom. The summed E-state index contributed by atoms with van der Waals surface area (Å²) in [5, 5.41) is 23.0. The molecule has 0 radical (unpaired) electrons. The summed E-state index contributed by atoms with van der Waals surface area (Å²) < 4.78 is 1.30. The van der Waals surface area contributed by atoms with Crippen LogP contribution in [0.15, 0.2) is 18.5 Å². The first-order chi connectivity index (χ1) is 7.99. The Morgan fingerprint density at radius 2 is 2.06 bits per heavy atom. The molecule has 1 amide bonds. The van der Waals surface area contributed by atoms with Gasteiger partial charge in [-0.25, -0.2) is 4.79 Å². The predicted octanol–water partition coefficient (Wildman–Crippen LogP) is -1.07. The Bertz CT molecular complexity index is 414. The maximum absolute atomic E-state index is 11.4. The molecule has 0 unspecified atom stereocenters. The molecule has 1 aromatic heterocycles. The second-order valence-corrected chi connectivity index (χ2v) is 3.26. The minimum absolute atomic E-state index is 0.156. The highest BCUT2D eigenvalue weighted by Crippen LogP contribution is 1.94. The molecule has 0 aliphatic heterocycles. The summed E-state index contributed by atoms with van der Waals surface area (Å²) in [4.78, 5) is 32.4. The molecular formula is C9H11N3O5. The Labute approximate surface area is 95.9 Å². The van der Waals surface area contributed by atoms with E-state index in [4.69, 9.17) is 10.2 Å². The fraction of sp³-hybridized carbons (Fsp3) is 0.333. The van der Waals surface area contributed by atoms with Crippen LogP contribution in [-0.4, -0.2) is 43.9 Å². The van der Waals surface area contributed by atoms with Crippen molar-refractivity contribution in [2.24, 2.45) is 0 Å². The van der Waals surface area contributed by atoms with Crippen LogP contribution in [-0.2, 0) is 20.9 Å². The third-order valence-electron chi connectivity index (χ3n) is 1.88. The van der Waals surface area contributed by atoms with Crippen LogP contribution >= 0.6 is 0 Å². The number of nitrogens with one attached hydrogen (secondary N) is 1. The van der Waals surface area contributed by atoms with Gasteiger partial charge in [0.1, 0.15) is 12.6 Å². The van der Waals surface area contributed by atoms with Gasteiger partial charge in [-0.1, -0.05) is 0 Å². The monoisotopic (exact) mass is 241 g/mol. The molecule has 0 bridgehead atoms. The van der Waals surface area contributed by atoms with Gasteiger partial charge in [0.2, 0.25) is 5.91 Å². The van der Waals surface area contributed by atoms with Crippen molar-refractivity contribution in [1.82, 2.24) is 15.1 Å². The lowest BCUT2D eigenvalue weighted by molar-refractivity contribution is -0.147. The predicted molar refractivity (Wildman–Crippen MR) is 54.0 cm³/mol. The Hall–Kier alpha value is -2.38. The molecule has 0 saturated carbocycles. The first-order valence-corrected chi connectivity index (χ1v) is 4.70. The number of aromatic nitrogens is 2. The summed E-state index contributed by atoms with van der Waals surface area (Å²) in [6, 6.07) is 0.176. The number of carbonyl (C=O) groups excluding carboxylic acids is 1. The van der Waals surface area contributed by atoms with E-state index >= 15 is 0 Å². The molecule has 1 atom stereocenters. The highest BCUT2D eigenvalue weighted by atomic mass is 16.4. The lowest BCUT2D eigenvalue weighted by Gasteiger charge is -2.12.